The fraction of sp³-hybridized carbons (Fsp3) is 0.273. The van der Waals surface area contributed by atoms with E-state index in [1.54, 1.807) is 0 Å². The van der Waals surface area contributed by atoms with Gasteiger partial charge in [-0.2, -0.15) is 5.26 Å². The first kappa shape index (κ1) is 20.6. The monoisotopic (exact) mass is 435 g/mol. The van der Waals surface area contributed by atoms with Crippen LogP contribution in [0.2, 0.25) is 0 Å². The van der Waals surface area contributed by atoms with Crippen molar-refractivity contribution >= 4 is 50.6 Å². The van der Waals surface area contributed by atoms with Crippen LogP contribution in [0.4, 0.5) is 16.6 Å². The molecular weight excluding hydrogens is 414 g/mol. The van der Waals surface area contributed by atoms with Gasteiger partial charge in [0.05, 0.1) is 6.07 Å². The van der Waals surface area contributed by atoms with E-state index >= 15 is 0 Å². The molecule has 0 aliphatic carbocycles. The standard InChI is InChI=1S/C22H21N5O3S/c23-12-14-7-9-27(10-8-14)22-26-20(24-13-18(28)29)19(31-22)21(30)25-17-6-5-15-3-1-2-4-16(15)11-17/h1-6,11,14,24H,7-10,13H2,(H,25,30)(H,28,29). The zero-order chi connectivity index (χ0) is 21.8. The van der Waals surface area contributed by atoms with Crippen LogP contribution < -0.4 is 15.5 Å². The van der Waals surface area contributed by atoms with Gasteiger partial charge in [0, 0.05) is 24.7 Å². The Kier molecular flexibility index (Phi) is 6.00. The van der Waals surface area contributed by atoms with Crippen LogP contribution in [-0.2, 0) is 4.79 Å². The Bertz CT molecular complexity index is 1160. The highest BCUT2D eigenvalue weighted by molar-refractivity contribution is 7.18. The summed E-state index contributed by atoms with van der Waals surface area (Å²) in [7, 11) is 0. The van der Waals surface area contributed by atoms with E-state index < -0.39 is 5.97 Å². The molecule has 0 spiro atoms. The number of piperidine rings is 1. The van der Waals surface area contributed by atoms with Crippen LogP contribution in [-0.4, -0.2) is 41.6 Å². The van der Waals surface area contributed by atoms with Gasteiger partial charge in [-0.3, -0.25) is 9.59 Å². The van der Waals surface area contributed by atoms with Crippen LogP contribution in [0.1, 0.15) is 22.5 Å². The minimum atomic E-state index is -1.04. The third-order valence-electron chi connectivity index (χ3n) is 5.18. The highest BCUT2D eigenvalue weighted by atomic mass is 32.1. The fourth-order valence-electron chi connectivity index (χ4n) is 3.53. The summed E-state index contributed by atoms with van der Waals surface area (Å²) >= 11 is 1.22. The van der Waals surface area contributed by atoms with Gasteiger partial charge in [-0.1, -0.05) is 41.7 Å². The molecule has 1 aliphatic rings. The van der Waals surface area contributed by atoms with E-state index in [-0.39, 0.29) is 24.2 Å². The molecule has 0 atom stereocenters. The molecule has 3 N–H and O–H groups in total. The van der Waals surface area contributed by atoms with Crippen molar-refractivity contribution in [2.24, 2.45) is 5.92 Å². The summed E-state index contributed by atoms with van der Waals surface area (Å²) in [4.78, 5) is 30.9. The third kappa shape index (κ3) is 4.75. The quantitative estimate of drug-likeness (QED) is 0.539. The normalized spacial score (nSPS) is 14.2. The number of benzene rings is 2. The Morgan fingerprint density at radius 1 is 1.19 bits per heavy atom. The number of rotatable bonds is 6. The summed E-state index contributed by atoms with van der Waals surface area (Å²) < 4.78 is 0. The number of nitrogens with one attached hydrogen (secondary N) is 2. The molecule has 1 saturated heterocycles. The summed E-state index contributed by atoms with van der Waals surface area (Å²) in [5, 5.41) is 26.5. The van der Waals surface area contributed by atoms with Gasteiger partial charge in [0.15, 0.2) is 10.9 Å². The Morgan fingerprint density at radius 2 is 1.94 bits per heavy atom. The Hall–Kier alpha value is -3.64. The Balaban J connectivity index is 1.56. The zero-order valence-corrected chi connectivity index (χ0v) is 17.5. The number of nitriles is 1. The van der Waals surface area contributed by atoms with Gasteiger partial charge in [-0.15, -0.1) is 0 Å². The lowest BCUT2D eigenvalue weighted by atomic mass is 9.99. The highest BCUT2D eigenvalue weighted by Crippen LogP contribution is 2.33. The number of carbonyl (C=O) groups excluding carboxylic acids is 1. The number of hydrogen-bond donors (Lipinski definition) is 3. The first-order chi connectivity index (χ1) is 15.0. The number of nitrogens with zero attached hydrogens (tertiary/aromatic N) is 3. The number of carboxylic acid groups (broad SMARTS) is 1. The zero-order valence-electron chi connectivity index (χ0n) is 16.7. The minimum Gasteiger partial charge on any atom is -0.480 e. The second kappa shape index (κ2) is 9.02. The van der Waals surface area contributed by atoms with Gasteiger partial charge in [-0.05, 0) is 35.7 Å². The van der Waals surface area contributed by atoms with Crippen LogP contribution in [0.25, 0.3) is 10.8 Å². The molecule has 2 aromatic carbocycles. The molecule has 3 aromatic rings. The van der Waals surface area contributed by atoms with Crippen molar-refractivity contribution in [3.8, 4) is 6.07 Å². The van der Waals surface area contributed by atoms with Gasteiger partial charge in [0.25, 0.3) is 5.91 Å². The van der Waals surface area contributed by atoms with Crippen molar-refractivity contribution < 1.29 is 14.7 Å². The van der Waals surface area contributed by atoms with Crippen LogP contribution in [0, 0.1) is 17.2 Å². The van der Waals surface area contributed by atoms with Crippen molar-refractivity contribution in [3.05, 3.63) is 47.3 Å². The molecule has 0 saturated carbocycles. The van der Waals surface area contributed by atoms with Gasteiger partial charge in [0.1, 0.15) is 11.4 Å². The van der Waals surface area contributed by atoms with Crippen molar-refractivity contribution in [1.29, 1.82) is 5.26 Å². The van der Waals surface area contributed by atoms with E-state index in [9.17, 15) is 9.59 Å². The topological polar surface area (TPSA) is 118 Å². The SMILES string of the molecule is N#CC1CCN(c2nc(NCC(=O)O)c(C(=O)Nc3ccc4ccccc4c3)s2)CC1. The van der Waals surface area contributed by atoms with Gasteiger partial charge < -0.3 is 20.6 Å². The fourth-order valence-corrected chi connectivity index (χ4v) is 4.52. The number of fused-ring (bicyclic) bond motifs is 1. The number of thiazole rings is 1. The predicted molar refractivity (Wildman–Crippen MR) is 121 cm³/mol. The number of anilines is 3. The summed E-state index contributed by atoms with van der Waals surface area (Å²) in [6.07, 6.45) is 1.49. The number of aliphatic carboxylic acids is 1. The summed E-state index contributed by atoms with van der Waals surface area (Å²) in [5.74, 6) is -1.09. The summed E-state index contributed by atoms with van der Waals surface area (Å²) in [6.45, 7) is 1.02. The molecule has 158 valence electrons. The highest BCUT2D eigenvalue weighted by Gasteiger charge is 2.25. The largest absolute Gasteiger partial charge is 0.480 e. The van der Waals surface area contributed by atoms with Gasteiger partial charge >= 0.3 is 5.97 Å². The van der Waals surface area contributed by atoms with Crippen LogP contribution in [0.3, 0.4) is 0 Å². The number of carbonyl (C=O) groups is 2. The van der Waals surface area contributed by atoms with Crippen LogP contribution >= 0.6 is 11.3 Å². The van der Waals surface area contributed by atoms with Gasteiger partial charge in [0.2, 0.25) is 0 Å². The summed E-state index contributed by atoms with van der Waals surface area (Å²) in [5.41, 5.74) is 0.651. The minimum absolute atomic E-state index is 0.0384. The Morgan fingerprint density at radius 3 is 2.65 bits per heavy atom. The third-order valence-corrected chi connectivity index (χ3v) is 6.30. The maximum atomic E-state index is 13.0. The molecule has 0 unspecified atom stereocenters. The summed E-state index contributed by atoms with van der Waals surface area (Å²) in [6, 6.07) is 15.8. The molecule has 1 aromatic heterocycles. The predicted octanol–water partition coefficient (Wildman–Crippen LogP) is 3.79. The smallest absolute Gasteiger partial charge is 0.322 e. The number of amides is 1. The van der Waals surface area contributed by atoms with Gasteiger partial charge in [-0.25, -0.2) is 4.98 Å². The molecule has 0 radical (unpaired) electrons. The van der Waals surface area contributed by atoms with Crippen molar-refractivity contribution in [2.45, 2.75) is 12.8 Å². The molecule has 8 nitrogen and oxygen atoms in total. The molecule has 1 amide bonds. The van der Waals surface area contributed by atoms with Crippen LogP contribution in [0.15, 0.2) is 42.5 Å². The maximum Gasteiger partial charge on any atom is 0.322 e. The Labute approximate surface area is 183 Å². The van der Waals surface area contributed by atoms with Crippen molar-refractivity contribution in [3.63, 3.8) is 0 Å². The average molecular weight is 436 g/mol. The van der Waals surface area contributed by atoms with Crippen molar-refractivity contribution in [1.82, 2.24) is 4.98 Å². The first-order valence-electron chi connectivity index (χ1n) is 9.94. The molecule has 9 heteroatoms. The second-order valence-electron chi connectivity index (χ2n) is 7.33. The first-order valence-corrected chi connectivity index (χ1v) is 10.8. The van der Waals surface area contributed by atoms with E-state index in [1.165, 1.54) is 11.3 Å². The molecular formula is C22H21N5O3S. The molecule has 1 aliphatic heterocycles. The van der Waals surface area contributed by atoms with E-state index in [0.29, 0.717) is 28.8 Å². The number of carboxylic acids is 1. The van der Waals surface area contributed by atoms with E-state index in [0.717, 1.165) is 23.6 Å². The average Bonchev–Trinajstić information content (AvgIpc) is 3.22. The maximum absolute atomic E-state index is 13.0. The lowest BCUT2D eigenvalue weighted by Gasteiger charge is -2.28. The number of aromatic nitrogens is 1. The van der Waals surface area contributed by atoms with E-state index in [4.69, 9.17) is 10.4 Å². The second-order valence-corrected chi connectivity index (χ2v) is 8.31. The lowest BCUT2D eigenvalue weighted by molar-refractivity contribution is -0.134. The van der Waals surface area contributed by atoms with Crippen molar-refractivity contribution in [2.75, 3.05) is 35.2 Å². The molecule has 1 fully saturated rings. The lowest BCUT2D eigenvalue weighted by Crippen LogP contribution is -2.33. The molecule has 2 heterocycles. The molecule has 31 heavy (non-hydrogen) atoms. The molecule has 4 rings (SSSR count). The van der Waals surface area contributed by atoms with Crippen LogP contribution in [0.5, 0.6) is 0 Å². The van der Waals surface area contributed by atoms with E-state index in [1.807, 2.05) is 47.4 Å². The van der Waals surface area contributed by atoms with E-state index in [2.05, 4.69) is 21.7 Å². The number of hydrogen-bond acceptors (Lipinski definition) is 7. The molecule has 0 bridgehead atoms.